The van der Waals surface area contributed by atoms with Crippen molar-refractivity contribution >= 4 is 57.1 Å². The van der Waals surface area contributed by atoms with Crippen molar-refractivity contribution in [1.82, 2.24) is 36.3 Å². The quantitative estimate of drug-likeness (QED) is 0.0255. The van der Waals surface area contributed by atoms with Crippen LogP contribution in [0.5, 0.6) is 0 Å². The normalized spacial score (nSPS) is 17.2. The van der Waals surface area contributed by atoms with Crippen LogP contribution in [0, 0.1) is 17.8 Å². The second kappa shape index (κ2) is 28.6. The molecule has 1 aliphatic carbocycles. The molecule has 0 aromatic heterocycles. The molecule has 2 fully saturated rings. The maximum Gasteiger partial charge on any atom is 0.335 e. The summed E-state index contributed by atoms with van der Waals surface area (Å²) in [6, 6.07) is 29.9. The fraction of sp³-hybridized carbons (Fsp3) is 0.439. The molecule has 6 rings (SSSR count). The van der Waals surface area contributed by atoms with Crippen LogP contribution in [0.25, 0.3) is 0 Å². The van der Waals surface area contributed by atoms with Gasteiger partial charge in [0.25, 0.3) is 5.91 Å². The van der Waals surface area contributed by atoms with Gasteiger partial charge in [-0.1, -0.05) is 156 Å². The minimum atomic E-state index is -4.14. The van der Waals surface area contributed by atoms with E-state index in [-0.39, 0.29) is 61.3 Å². The highest BCUT2D eigenvalue weighted by atomic mass is 32.2. The Morgan fingerprint density at radius 2 is 1.33 bits per heavy atom. The molecule has 0 spiro atoms. The Kier molecular flexibility index (Phi) is 21.8. The molecule has 18 nitrogen and oxygen atoms in total. The predicted molar refractivity (Wildman–Crippen MR) is 288 cm³/mol. The third kappa shape index (κ3) is 16.6. The van der Waals surface area contributed by atoms with E-state index in [0.717, 1.165) is 30.4 Å². The predicted octanol–water partition coefficient (Wildman–Crippen LogP) is 6.06. The Morgan fingerprint density at radius 3 is 1.89 bits per heavy atom. The van der Waals surface area contributed by atoms with Crippen LogP contribution < -0.4 is 31.4 Å². The lowest BCUT2D eigenvalue weighted by molar-refractivity contribution is -0.152. The highest BCUT2D eigenvalue weighted by Gasteiger charge is 2.46. The molecule has 1 unspecified atom stereocenters. The molecular weight excluding hydrogens is 989 g/mol. The summed E-state index contributed by atoms with van der Waals surface area (Å²) < 4.78 is 35.8. The molecule has 6 amide bonds. The summed E-state index contributed by atoms with van der Waals surface area (Å²) in [4.78, 5) is 99.7. The van der Waals surface area contributed by atoms with Crippen molar-refractivity contribution in [3.63, 3.8) is 0 Å². The second-order valence-corrected chi connectivity index (χ2v) is 21.6. The monoisotopic (exact) mass is 1060 g/mol. The van der Waals surface area contributed by atoms with E-state index in [1.165, 1.54) is 24.1 Å². The summed E-state index contributed by atoms with van der Waals surface area (Å²) >= 11 is 0. The van der Waals surface area contributed by atoms with E-state index in [1.54, 1.807) is 55.5 Å². The molecule has 0 bridgehead atoms. The van der Waals surface area contributed by atoms with Crippen molar-refractivity contribution in [2.24, 2.45) is 22.9 Å². The highest BCUT2D eigenvalue weighted by Crippen LogP contribution is 2.35. The van der Waals surface area contributed by atoms with Crippen molar-refractivity contribution in [1.29, 1.82) is 0 Å². The molecule has 2 aliphatic rings. The van der Waals surface area contributed by atoms with Crippen LogP contribution in [-0.2, 0) is 43.5 Å². The first-order chi connectivity index (χ1) is 36.6. The van der Waals surface area contributed by atoms with E-state index in [2.05, 4.69) is 36.5 Å². The lowest BCUT2D eigenvalue weighted by atomic mass is 9.77. The van der Waals surface area contributed by atoms with Crippen LogP contribution in [-0.4, -0.2) is 105 Å². The molecular formula is C57H72N8O10S. The van der Waals surface area contributed by atoms with E-state index in [0.29, 0.717) is 24.8 Å². The maximum absolute atomic E-state index is 15.1. The van der Waals surface area contributed by atoms with Crippen molar-refractivity contribution < 1.29 is 46.7 Å². The summed E-state index contributed by atoms with van der Waals surface area (Å²) in [6.07, 6.45) is 3.81. The molecule has 76 heavy (non-hydrogen) atoms. The summed E-state index contributed by atoms with van der Waals surface area (Å²) in [6.45, 7) is 5.02. The number of ether oxygens (including phenoxy) is 1. The fourth-order valence-electron chi connectivity index (χ4n) is 9.84. The number of ketones is 1. The molecule has 1 saturated heterocycles. The number of rotatable bonds is 25. The van der Waals surface area contributed by atoms with Gasteiger partial charge in [0.1, 0.15) is 11.8 Å². The number of amides is 6. The SMILES string of the molecule is CCC[C@H](NC(=O)C1C[C@@H](NS(=O)(=O)c2ccccc2)CN1C(=O)[C@@H](CC(=O)OCC(C)C)C1CCCCC1)C(=NNC(=O)NC(c1ccccc1)c1ccccc1)C(=O)NCC(=O)C[C@H](C(=O)NC)c1ccccc1. The summed E-state index contributed by atoms with van der Waals surface area (Å²) in [5, 5.41) is 15.3. The lowest BCUT2D eigenvalue weighted by Gasteiger charge is -2.34. The number of nitrogens with one attached hydrogen (secondary N) is 6. The zero-order chi connectivity index (χ0) is 54.6. The van der Waals surface area contributed by atoms with E-state index in [4.69, 9.17) is 4.74 Å². The van der Waals surface area contributed by atoms with Gasteiger partial charge in [0.05, 0.1) is 48.4 Å². The largest absolute Gasteiger partial charge is 0.465 e. The molecule has 0 radical (unpaired) electrons. The minimum absolute atomic E-state index is 0.0123. The van der Waals surface area contributed by atoms with Crippen molar-refractivity contribution in [2.45, 2.75) is 120 Å². The Morgan fingerprint density at radius 1 is 0.750 bits per heavy atom. The number of esters is 1. The van der Waals surface area contributed by atoms with Gasteiger partial charge in [0.2, 0.25) is 27.7 Å². The van der Waals surface area contributed by atoms with Crippen LogP contribution in [0.1, 0.15) is 114 Å². The number of carbonyl (C=O) groups is 7. The number of benzene rings is 4. The van der Waals surface area contributed by atoms with Crippen LogP contribution in [0.2, 0.25) is 0 Å². The minimum Gasteiger partial charge on any atom is -0.465 e. The lowest BCUT2D eigenvalue weighted by Crippen LogP contribution is -2.55. The van der Waals surface area contributed by atoms with Crippen molar-refractivity contribution in [3.05, 3.63) is 138 Å². The summed E-state index contributed by atoms with van der Waals surface area (Å²) in [5.74, 6) is -5.48. The van der Waals surface area contributed by atoms with Crippen LogP contribution in [0.3, 0.4) is 0 Å². The molecule has 1 heterocycles. The average Bonchev–Trinajstić information content (AvgIpc) is 3.86. The van der Waals surface area contributed by atoms with E-state index in [1.807, 2.05) is 74.5 Å². The van der Waals surface area contributed by atoms with Gasteiger partial charge in [-0.05, 0) is 66.3 Å². The number of hydrazone groups is 1. The number of nitrogens with zero attached hydrogens (tertiary/aromatic N) is 2. The van der Waals surface area contributed by atoms with Crippen molar-refractivity contribution in [2.75, 3.05) is 26.7 Å². The molecule has 1 saturated carbocycles. The number of carbonyl (C=O) groups excluding carboxylic acids is 7. The number of hydrogen-bond acceptors (Lipinski definition) is 11. The number of urea groups is 1. The number of Topliss-reactive ketones (excluding diaryl/α,β-unsaturated/α-hetero) is 1. The Balaban J connectivity index is 1.32. The van der Waals surface area contributed by atoms with Crippen LogP contribution >= 0.6 is 0 Å². The molecule has 406 valence electrons. The van der Waals surface area contributed by atoms with Gasteiger partial charge in [0.15, 0.2) is 5.78 Å². The number of likely N-dealkylation sites (N-methyl/N-ethyl adjacent to an activating group) is 1. The number of sulfonamides is 1. The third-order valence-corrected chi connectivity index (χ3v) is 15.2. The molecule has 1 aliphatic heterocycles. The fourth-order valence-corrected chi connectivity index (χ4v) is 11.1. The van der Waals surface area contributed by atoms with Crippen LogP contribution in [0.4, 0.5) is 4.79 Å². The Bertz CT molecular complexity index is 2690. The highest BCUT2D eigenvalue weighted by molar-refractivity contribution is 7.89. The van der Waals surface area contributed by atoms with Gasteiger partial charge in [-0.25, -0.2) is 23.4 Å². The van der Waals surface area contributed by atoms with Gasteiger partial charge in [-0.15, -0.1) is 0 Å². The second-order valence-electron chi connectivity index (χ2n) is 19.8. The molecule has 4 aromatic rings. The molecule has 19 heteroatoms. The van der Waals surface area contributed by atoms with Crippen LogP contribution in [0.15, 0.2) is 131 Å². The first-order valence-corrected chi connectivity index (χ1v) is 27.7. The van der Waals surface area contributed by atoms with E-state index < -0.39 is 94.0 Å². The van der Waals surface area contributed by atoms with E-state index >= 15 is 9.59 Å². The van der Waals surface area contributed by atoms with Gasteiger partial charge in [-0.2, -0.15) is 5.10 Å². The smallest absolute Gasteiger partial charge is 0.335 e. The molecule has 4 aromatic carbocycles. The zero-order valence-electron chi connectivity index (χ0n) is 43.7. The van der Waals surface area contributed by atoms with E-state index in [9.17, 15) is 32.4 Å². The van der Waals surface area contributed by atoms with Gasteiger partial charge >= 0.3 is 12.0 Å². The topological polar surface area (TPSA) is 251 Å². The Labute approximate surface area is 446 Å². The summed E-state index contributed by atoms with van der Waals surface area (Å²) in [5.41, 5.74) is 4.16. The zero-order valence-corrected chi connectivity index (χ0v) is 44.6. The first kappa shape index (κ1) is 58.0. The maximum atomic E-state index is 15.1. The average molecular weight is 1060 g/mol. The van der Waals surface area contributed by atoms with Gasteiger partial charge in [-0.3, -0.25) is 28.8 Å². The van der Waals surface area contributed by atoms with Gasteiger partial charge < -0.3 is 30.9 Å². The summed E-state index contributed by atoms with van der Waals surface area (Å²) in [7, 11) is -2.68. The molecule has 6 N–H and O–H groups in total. The standard InChI is InChI=1S/C57H72N8O10S/c1-5-21-48(60-54(69)49-32-43(64-76(73,74)45-30-19-10-20-31-45)36-65(49)56(71)47(40-24-13-7-14-25-40)34-50(67)75-37-38(2)3)52(55(70)59-35-44(66)33-46(53(68)58-4)39-22-11-6-12-23-39)62-63-57(72)61-51(41-26-15-8-16-27-41)42-28-17-9-18-29-42/h6,8-12,15-20,22-23,26-31,38,40,43,46-49,51,64H,5,7,13-14,21,24-25,32-37H2,1-4H3,(H,58,68)(H,59,70)(H,60,69)(H2,61,63,72)/t43-,46+,47+,48+,49?/m1/s1. The number of likely N-dealkylation sites (tertiary alicyclic amines) is 1. The van der Waals surface area contributed by atoms with Gasteiger partial charge in [0, 0.05) is 26.1 Å². The third-order valence-electron chi connectivity index (χ3n) is 13.7. The molecule has 5 atom stereocenters. The number of hydrogen-bond donors (Lipinski definition) is 6. The van der Waals surface area contributed by atoms with Crippen molar-refractivity contribution in [3.8, 4) is 0 Å². The first-order valence-electron chi connectivity index (χ1n) is 26.2. The Hall–Kier alpha value is -7.25.